The Morgan fingerprint density at radius 2 is 1.39 bits per heavy atom. The zero-order chi connectivity index (χ0) is 13.5. The van der Waals surface area contributed by atoms with Crippen molar-refractivity contribution in [3.63, 3.8) is 0 Å². The maximum absolute atomic E-state index is 10.5. The van der Waals surface area contributed by atoms with Crippen LogP contribution in [0.3, 0.4) is 0 Å². The Labute approximate surface area is 110 Å². The zero-order valence-corrected chi connectivity index (χ0v) is 11.5. The molecule has 0 rings (SSSR count). The average molecular weight is 261 g/mol. The summed E-state index contributed by atoms with van der Waals surface area (Å²) >= 11 is 0. The van der Waals surface area contributed by atoms with Gasteiger partial charge in [-0.25, -0.2) is 0 Å². The summed E-state index contributed by atoms with van der Waals surface area (Å²) in [7, 11) is 0. The molecule has 0 aromatic heterocycles. The minimum atomic E-state index is -0.227. The van der Waals surface area contributed by atoms with Crippen LogP contribution in [0.1, 0.15) is 39.0 Å². The molecule has 0 fully saturated rings. The molecule has 2 N–H and O–H groups in total. The number of primary amides is 1. The fraction of sp³-hybridized carbons (Fsp3) is 0.923. The van der Waals surface area contributed by atoms with Gasteiger partial charge in [0.2, 0.25) is 5.91 Å². The lowest BCUT2D eigenvalue weighted by Crippen LogP contribution is -2.11. The summed E-state index contributed by atoms with van der Waals surface area (Å²) in [6.07, 6.45) is 4.31. The van der Waals surface area contributed by atoms with Crippen LogP contribution in [0, 0.1) is 0 Å². The molecule has 0 heterocycles. The topological polar surface area (TPSA) is 70.8 Å². The molecule has 108 valence electrons. The SMILES string of the molecule is CCCOCCOCCOCCCCCC(N)=O. The molecule has 0 saturated carbocycles. The highest BCUT2D eigenvalue weighted by molar-refractivity contribution is 5.73. The Morgan fingerprint density at radius 3 is 1.94 bits per heavy atom. The number of hydrogen-bond donors (Lipinski definition) is 1. The van der Waals surface area contributed by atoms with E-state index in [4.69, 9.17) is 19.9 Å². The quantitative estimate of drug-likeness (QED) is 0.481. The Kier molecular flexibility index (Phi) is 13.9. The molecule has 0 radical (unpaired) electrons. The van der Waals surface area contributed by atoms with Gasteiger partial charge < -0.3 is 19.9 Å². The molecule has 5 nitrogen and oxygen atoms in total. The number of rotatable bonds is 14. The van der Waals surface area contributed by atoms with E-state index in [0.29, 0.717) is 39.5 Å². The number of carbonyl (C=O) groups is 1. The molecular weight excluding hydrogens is 234 g/mol. The number of carbonyl (C=O) groups excluding carboxylic acids is 1. The maximum Gasteiger partial charge on any atom is 0.217 e. The first-order valence-corrected chi connectivity index (χ1v) is 6.79. The zero-order valence-electron chi connectivity index (χ0n) is 11.5. The van der Waals surface area contributed by atoms with E-state index in [1.807, 2.05) is 0 Å². The van der Waals surface area contributed by atoms with Gasteiger partial charge in [0, 0.05) is 19.6 Å². The summed E-state index contributed by atoms with van der Waals surface area (Å²) in [5.74, 6) is -0.227. The Morgan fingerprint density at radius 1 is 0.833 bits per heavy atom. The minimum absolute atomic E-state index is 0.227. The van der Waals surface area contributed by atoms with Crippen molar-refractivity contribution in [1.29, 1.82) is 0 Å². The van der Waals surface area contributed by atoms with Crippen molar-refractivity contribution in [3.05, 3.63) is 0 Å². The molecule has 0 unspecified atom stereocenters. The van der Waals surface area contributed by atoms with E-state index >= 15 is 0 Å². The largest absolute Gasteiger partial charge is 0.379 e. The molecule has 1 amide bonds. The van der Waals surface area contributed by atoms with Gasteiger partial charge in [0.25, 0.3) is 0 Å². The fourth-order valence-corrected chi connectivity index (χ4v) is 1.37. The number of amides is 1. The number of ether oxygens (including phenoxy) is 3. The van der Waals surface area contributed by atoms with Gasteiger partial charge in [-0.2, -0.15) is 0 Å². The van der Waals surface area contributed by atoms with Crippen LogP contribution in [-0.4, -0.2) is 45.5 Å². The van der Waals surface area contributed by atoms with Crippen LogP contribution in [0.25, 0.3) is 0 Å². The van der Waals surface area contributed by atoms with Crippen molar-refractivity contribution in [2.24, 2.45) is 5.73 Å². The molecule has 0 aliphatic heterocycles. The summed E-state index contributed by atoms with van der Waals surface area (Å²) in [4.78, 5) is 10.5. The molecule has 0 spiro atoms. The average Bonchev–Trinajstić information content (AvgIpc) is 2.34. The predicted molar refractivity (Wildman–Crippen MR) is 70.4 cm³/mol. The Hall–Kier alpha value is -0.650. The Balaban J connectivity index is 2.92. The van der Waals surface area contributed by atoms with Gasteiger partial charge in [0.1, 0.15) is 0 Å². The first-order valence-electron chi connectivity index (χ1n) is 6.79. The third-order valence-corrected chi connectivity index (χ3v) is 2.30. The predicted octanol–water partition coefficient (Wildman–Crippen LogP) is 1.49. The third-order valence-electron chi connectivity index (χ3n) is 2.30. The van der Waals surface area contributed by atoms with Crippen molar-refractivity contribution in [1.82, 2.24) is 0 Å². The fourth-order valence-electron chi connectivity index (χ4n) is 1.37. The molecule has 0 aliphatic carbocycles. The standard InChI is InChI=1S/C13H27NO4/c1-2-7-16-9-11-18-12-10-17-8-5-3-4-6-13(14)15/h2-12H2,1H3,(H2,14,15). The monoisotopic (exact) mass is 261 g/mol. The van der Waals surface area contributed by atoms with Crippen LogP contribution in [-0.2, 0) is 19.0 Å². The highest BCUT2D eigenvalue weighted by Gasteiger charge is 1.95. The lowest BCUT2D eigenvalue weighted by molar-refractivity contribution is -0.118. The van der Waals surface area contributed by atoms with Gasteiger partial charge in [0.05, 0.1) is 26.4 Å². The molecule has 18 heavy (non-hydrogen) atoms. The van der Waals surface area contributed by atoms with Crippen molar-refractivity contribution >= 4 is 5.91 Å². The van der Waals surface area contributed by atoms with Gasteiger partial charge in [0.15, 0.2) is 0 Å². The van der Waals surface area contributed by atoms with Crippen LogP contribution in [0.5, 0.6) is 0 Å². The van der Waals surface area contributed by atoms with E-state index in [2.05, 4.69) is 6.92 Å². The van der Waals surface area contributed by atoms with Crippen LogP contribution in [0.2, 0.25) is 0 Å². The smallest absolute Gasteiger partial charge is 0.217 e. The molecule has 0 saturated heterocycles. The maximum atomic E-state index is 10.5. The lowest BCUT2D eigenvalue weighted by Gasteiger charge is -2.06. The van der Waals surface area contributed by atoms with Gasteiger partial charge in [-0.05, 0) is 19.3 Å². The van der Waals surface area contributed by atoms with Gasteiger partial charge in [-0.3, -0.25) is 4.79 Å². The summed E-state index contributed by atoms with van der Waals surface area (Å²) < 4.78 is 16.0. The molecule has 5 heteroatoms. The Bertz CT molecular complexity index is 188. The van der Waals surface area contributed by atoms with Gasteiger partial charge in [-0.15, -0.1) is 0 Å². The first kappa shape index (κ1) is 17.4. The van der Waals surface area contributed by atoms with Crippen LogP contribution >= 0.6 is 0 Å². The van der Waals surface area contributed by atoms with Gasteiger partial charge >= 0.3 is 0 Å². The number of unbranched alkanes of at least 4 members (excludes halogenated alkanes) is 2. The minimum Gasteiger partial charge on any atom is -0.379 e. The van der Waals surface area contributed by atoms with Crippen LogP contribution in [0.15, 0.2) is 0 Å². The van der Waals surface area contributed by atoms with Crippen LogP contribution in [0.4, 0.5) is 0 Å². The number of nitrogens with two attached hydrogens (primary N) is 1. The summed E-state index contributed by atoms with van der Waals surface area (Å²) in [5.41, 5.74) is 5.03. The molecule has 0 bridgehead atoms. The highest BCUT2D eigenvalue weighted by Crippen LogP contribution is 1.99. The van der Waals surface area contributed by atoms with E-state index in [1.165, 1.54) is 0 Å². The summed E-state index contributed by atoms with van der Waals surface area (Å²) in [5, 5.41) is 0. The van der Waals surface area contributed by atoms with E-state index < -0.39 is 0 Å². The van der Waals surface area contributed by atoms with Crippen molar-refractivity contribution in [2.45, 2.75) is 39.0 Å². The highest BCUT2D eigenvalue weighted by atomic mass is 16.5. The molecule has 0 aromatic rings. The van der Waals surface area contributed by atoms with E-state index in [9.17, 15) is 4.79 Å². The third kappa shape index (κ3) is 15.4. The van der Waals surface area contributed by atoms with Crippen molar-refractivity contribution < 1.29 is 19.0 Å². The second kappa shape index (κ2) is 14.4. The van der Waals surface area contributed by atoms with Gasteiger partial charge in [-0.1, -0.05) is 13.3 Å². The summed E-state index contributed by atoms with van der Waals surface area (Å²) in [6.45, 7) is 6.10. The number of hydrogen-bond acceptors (Lipinski definition) is 4. The van der Waals surface area contributed by atoms with Crippen molar-refractivity contribution in [3.8, 4) is 0 Å². The van der Waals surface area contributed by atoms with E-state index in [1.54, 1.807) is 0 Å². The summed E-state index contributed by atoms with van der Waals surface area (Å²) in [6, 6.07) is 0. The molecule has 0 aromatic carbocycles. The second-order valence-corrected chi connectivity index (χ2v) is 4.11. The molecule has 0 aliphatic rings. The normalized spacial score (nSPS) is 10.7. The first-order chi connectivity index (χ1) is 8.77. The molecular formula is C13H27NO4. The van der Waals surface area contributed by atoms with E-state index in [-0.39, 0.29) is 5.91 Å². The van der Waals surface area contributed by atoms with Crippen LogP contribution < -0.4 is 5.73 Å². The lowest BCUT2D eigenvalue weighted by atomic mass is 10.2. The van der Waals surface area contributed by atoms with Crippen molar-refractivity contribution in [2.75, 3.05) is 39.6 Å². The molecule has 0 atom stereocenters. The van der Waals surface area contributed by atoms with E-state index in [0.717, 1.165) is 32.3 Å². The second-order valence-electron chi connectivity index (χ2n) is 4.11.